The van der Waals surface area contributed by atoms with Crippen molar-refractivity contribution in [1.29, 1.82) is 0 Å². The Morgan fingerprint density at radius 3 is 2.31 bits per heavy atom. The maximum absolute atomic E-state index is 12.2. The maximum Gasteiger partial charge on any atom is 0.251 e. The van der Waals surface area contributed by atoms with Crippen molar-refractivity contribution in [3.05, 3.63) is 29.8 Å². The smallest absolute Gasteiger partial charge is 0.251 e. The minimum atomic E-state index is -0.248. The summed E-state index contributed by atoms with van der Waals surface area (Å²) in [5, 5.41) is 14.8. The number of nitrogens with one attached hydrogen (secondary N) is 2. The molecule has 0 unspecified atom stereocenters. The molecule has 0 bridgehead atoms. The van der Waals surface area contributed by atoms with Crippen LogP contribution in [0.2, 0.25) is 0 Å². The van der Waals surface area contributed by atoms with Crippen LogP contribution < -0.4 is 10.6 Å². The molecule has 1 aliphatic rings. The number of carbonyl (C=O) groups excluding carboxylic acids is 3. The molecule has 3 amide bonds. The van der Waals surface area contributed by atoms with Gasteiger partial charge in [0, 0.05) is 44.1 Å². The third-order valence-corrected chi connectivity index (χ3v) is 4.52. The van der Waals surface area contributed by atoms with Gasteiger partial charge in [-0.05, 0) is 43.5 Å². The summed E-state index contributed by atoms with van der Waals surface area (Å²) in [6.07, 6.45) is 2.77. The first-order chi connectivity index (χ1) is 12.5. The molecule has 0 aliphatic carbocycles. The van der Waals surface area contributed by atoms with E-state index in [0.717, 1.165) is 6.42 Å². The second-order valence-electron chi connectivity index (χ2n) is 6.50. The van der Waals surface area contributed by atoms with Crippen LogP contribution in [0.4, 0.5) is 0 Å². The minimum Gasteiger partial charge on any atom is -0.508 e. The first-order valence-corrected chi connectivity index (χ1v) is 9.14. The molecule has 1 saturated heterocycles. The minimum absolute atomic E-state index is 0.0218. The normalized spacial score (nSPS) is 14.7. The number of rotatable bonds is 7. The van der Waals surface area contributed by atoms with E-state index in [0.29, 0.717) is 51.0 Å². The van der Waals surface area contributed by atoms with Crippen molar-refractivity contribution in [2.24, 2.45) is 5.92 Å². The van der Waals surface area contributed by atoms with Gasteiger partial charge in [-0.1, -0.05) is 6.92 Å². The van der Waals surface area contributed by atoms with Crippen molar-refractivity contribution in [2.45, 2.75) is 32.6 Å². The topological polar surface area (TPSA) is 98.7 Å². The molecule has 1 aromatic rings. The Labute approximate surface area is 153 Å². The number of piperidine rings is 1. The van der Waals surface area contributed by atoms with E-state index in [1.165, 1.54) is 24.3 Å². The Balaban J connectivity index is 1.64. The van der Waals surface area contributed by atoms with Crippen molar-refractivity contribution in [3.63, 3.8) is 0 Å². The molecular weight excluding hydrogens is 334 g/mol. The molecule has 0 radical (unpaired) electrons. The molecule has 7 nitrogen and oxygen atoms in total. The highest BCUT2D eigenvalue weighted by Gasteiger charge is 2.26. The summed E-state index contributed by atoms with van der Waals surface area (Å²) in [6.45, 7) is 3.94. The Morgan fingerprint density at radius 2 is 1.69 bits per heavy atom. The van der Waals surface area contributed by atoms with Gasteiger partial charge in [-0.15, -0.1) is 0 Å². The lowest BCUT2D eigenvalue weighted by molar-refractivity contribution is -0.135. The first kappa shape index (κ1) is 19.8. The predicted molar refractivity (Wildman–Crippen MR) is 97.7 cm³/mol. The third kappa shape index (κ3) is 5.75. The van der Waals surface area contributed by atoms with Crippen LogP contribution in [0.5, 0.6) is 5.75 Å². The SMILES string of the molecule is CCCC(=O)N1CCC(C(=O)NCCNC(=O)c2ccc(O)cc2)CC1. The van der Waals surface area contributed by atoms with Gasteiger partial charge in [0.2, 0.25) is 11.8 Å². The number of benzene rings is 1. The third-order valence-electron chi connectivity index (χ3n) is 4.52. The second kappa shape index (κ2) is 9.79. The molecule has 0 atom stereocenters. The number of carbonyl (C=O) groups is 3. The Hall–Kier alpha value is -2.57. The fraction of sp³-hybridized carbons (Fsp3) is 0.526. The number of phenols is 1. The van der Waals surface area contributed by atoms with Crippen molar-refractivity contribution in [3.8, 4) is 5.75 Å². The zero-order valence-electron chi connectivity index (χ0n) is 15.2. The van der Waals surface area contributed by atoms with Gasteiger partial charge < -0.3 is 20.6 Å². The molecule has 1 aromatic carbocycles. The lowest BCUT2D eigenvalue weighted by Crippen LogP contribution is -2.44. The molecule has 0 saturated carbocycles. The summed E-state index contributed by atoms with van der Waals surface area (Å²) in [5.41, 5.74) is 0.457. The van der Waals surface area contributed by atoms with Crippen LogP contribution in [0, 0.1) is 5.92 Å². The summed E-state index contributed by atoms with van der Waals surface area (Å²) >= 11 is 0. The summed E-state index contributed by atoms with van der Waals surface area (Å²) in [4.78, 5) is 37.8. The van der Waals surface area contributed by atoms with E-state index >= 15 is 0 Å². The van der Waals surface area contributed by atoms with Crippen LogP contribution in [-0.2, 0) is 9.59 Å². The van der Waals surface area contributed by atoms with Gasteiger partial charge in [0.25, 0.3) is 5.91 Å². The van der Waals surface area contributed by atoms with Crippen LogP contribution in [0.3, 0.4) is 0 Å². The van der Waals surface area contributed by atoms with Crippen molar-refractivity contribution in [1.82, 2.24) is 15.5 Å². The largest absolute Gasteiger partial charge is 0.508 e. The summed E-state index contributed by atoms with van der Waals surface area (Å²) in [5.74, 6) is -0.0681. The fourth-order valence-corrected chi connectivity index (χ4v) is 2.98. The van der Waals surface area contributed by atoms with Crippen LogP contribution in [-0.4, -0.2) is 53.9 Å². The molecule has 1 fully saturated rings. The van der Waals surface area contributed by atoms with Crippen LogP contribution >= 0.6 is 0 Å². The molecule has 2 rings (SSSR count). The fourth-order valence-electron chi connectivity index (χ4n) is 2.98. The van der Waals surface area contributed by atoms with Gasteiger partial charge in [0.15, 0.2) is 0 Å². The van der Waals surface area contributed by atoms with E-state index in [9.17, 15) is 19.5 Å². The molecule has 7 heteroatoms. The van der Waals surface area contributed by atoms with E-state index in [1.807, 2.05) is 11.8 Å². The molecular formula is C19H27N3O4. The quantitative estimate of drug-likeness (QED) is 0.637. The van der Waals surface area contributed by atoms with Crippen molar-refractivity contribution in [2.75, 3.05) is 26.2 Å². The highest BCUT2D eigenvalue weighted by atomic mass is 16.3. The number of amides is 3. The van der Waals surface area contributed by atoms with E-state index in [1.54, 1.807) is 0 Å². The maximum atomic E-state index is 12.2. The number of hydrogen-bond donors (Lipinski definition) is 3. The lowest BCUT2D eigenvalue weighted by Gasteiger charge is -2.31. The van der Waals surface area contributed by atoms with Crippen LogP contribution in [0.15, 0.2) is 24.3 Å². The summed E-state index contributed by atoms with van der Waals surface area (Å²) in [7, 11) is 0. The highest BCUT2D eigenvalue weighted by molar-refractivity contribution is 5.94. The average Bonchev–Trinajstić information content (AvgIpc) is 2.65. The lowest BCUT2D eigenvalue weighted by atomic mass is 9.95. The molecule has 0 spiro atoms. The number of aromatic hydroxyl groups is 1. The van der Waals surface area contributed by atoms with Gasteiger partial charge in [-0.25, -0.2) is 0 Å². The van der Waals surface area contributed by atoms with Gasteiger partial charge in [-0.3, -0.25) is 14.4 Å². The molecule has 1 heterocycles. The van der Waals surface area contributed by atoms with E-state index in [2.05, 4.69) is 10.6 Å². The number of nitrogens with zero attached hydrogens (tertiary/aromatic N) is 1. The van der Waals surface area contributed by atoms with Crippen molar-refractivity contribution < 1.29 is 19.5 Å². The van der Waals surface area contributed by atoms with Crippen molar-refractivity contribution >= 4 is 17.7 Å². The Kier molecular flexibility index (Phi) is 7.44. The number of likely N-dealkylation sites (tertiary alicyclic amines) is 1. The van der Waals surface area contributed by atoms with Crippen LogP contribution in [0.1, 0.15) is 43.0 Å². The zero-order chi connectivity index (χ0) is 18.9. The van der Waals surface area contributed by atoms with Crippen LogP contribution in [0.25, 0.3) is 0 Å². The molecule has 3 N–H and O–H groups in total. The van der Waals surface area contributed by atoms with Gasteiger partial charge in [0.05, 0.1) is 0 Å². The molecule has 26 heavy (non-hydrogen) atoms. The predicted octanol–water partition coefficient (Wildman–Crippen LogP) is 1.28. The molecule has 142 valence electrons. The second-order valence-corrected chi connectivity index (χ2v) is 6.50. The number of phenolic OH excluding ortho intramolecular Hbond substituents is 1. The van der Waals surface area contributed by atoms with E-state index in [-0.39, 0.29) is 29.4 Å². The molecule has 0 aromatic heterocycles. The first-order valence-electron chi connectivity index (χ1n) is 9.14. The summed E-state index contributed by atoms with van der Waals surface area (Å²) < 4.78 is 0. The summed E-state index contributed by atoms with van der Waals surface area (Å²) in [6, 6.07) is 5.98. The van der Waals surface area contributed by atoms with Gasteiger partial charge >= 0.3 is 0 Å². The highest BCUT2D eigenvalue weighted by Crippen LogP contribution is 2.18. The van der Waals surface area contributed by atoms with E-state index < -0.39 is 0 Å². The number of hydrogen-bond acceptors (Lipinski definition) is 4. The van der Waals surface area contributed by atoms with Gasteiger partial charge in [-0.2, -0.15) is 0 Å². The van der Waals surface area contributed by atoms with E-state index in [4.69, 9.17) is 0 Å². The Bertz CT molecular complexity index is 622. The average molecular weight is 361 g/mol. The molecule has 1 aliphatic heterocycles. The Morgan fingerprint density at radius 1 is 1.08 bits per heavy atom. The zero-order valence-corrected chi connectivity index (χ0v) is 15.2. The van der Waals surface area contributed by atoms with Gasteiger partial charge in [0.1, 0.15) is 5.75 Å². The standard InChI is InChI=1S/C19H27N3O4/c1-2-3-17(24)22-12-8-15(9-13-22)19(26)21-11-10-20-18(25)14-4-6-16(23)7-5-14/h4-7,15,23H,2-3,8-13H2,1H3,(H,20,25)(H,21,26). The monoisotopic (exact) mass is 361 g/mol.